The summed E-state index contributed by atoms with van der Waals surface area (Å²) >= 11 is 0. The SMILES string of the molecule is Cc1nc2c(NCc3cccc(CN4CCOCC4)c3)nccn2c1-c1ccc(O)cc1. The van der Waals surface area contributed by atoms with E-state index >= 15 is 0 Å². The zero-order valence-electron chi connectivity index (χ0n) is 18.2. The number of nitrogens with zero attached hydrogens (tertiary/aromatic N) is 4. The van der Waals surface area contributed by atoms with Gasteiger partial charge in [0.1, 0.15) is 5.75 Å². The third kappa shape index (κ3) is 4.30. The van der Waals surface area contributed by atoms with Crippen LogP contribution in [-0.4, -0.2) is 50.7 Å². The van der Waals surface area contributed by atoms with Gasteiger partial charge in [-0.05, 0) is 42.3 Å². The fourth-order valence-corrected chi connectivity index (χ4v) is 4.22. The molecule has 0 bridgehead atoms. The van der Waals surface area contributed by atoms with Gasteiger partial charge in [-0.2, -0.15) is 0 Å². The molecule has 2 aromatic heterocycles. The van der Waals surface area contributed by atoms with Crippen molar-refractivity contribution in [2.24, 2.45) is 0 Å². The van der Waals surface area contributed by atoms with E-state index in [1.807, 2.05) is 29.7 Å². The molecular weight excluding hydrogens is 402 g/mol. The highest BCUT2D eigenvalue weighted by molar-refractivity contribution is 5.73. The van der Waals surface area contributed by atoms with Crippen LogP contribution >= 0.6 is 0 Å². The van der Waals surface area contributed by atoms with Crippen LogP contribution in [0.3, 0.4) is 0 Å². The lowest BCUT2D eigenvalue weighted by atomic mass is 10.1. The molecule has 0 unspecified atom stereocenters. The summed E-state index contributed by atoms with van der Waals surface area (Å²) in [6.45, 7) is 7.20. The molecule has 2 N–H and O–H groups in total. The predicted molar refractivity (Wildman–Crippen MR) is 125 cm³/mol. The second kappa shape index (κ2) is 8.98. The van der Waals surface area contributed by atoms with Crippen LogP contribution in [0.2, 0.25) is 0 Å². The fraction of sp³-hybridized carbons (Fsp3) is 0.280. The van der Waals surface area contributed by atoms with Crippen LogP contribution in [0, 0.1) is 6.92 Å². The van der Waals surface area contributed by atoms with E-state index in [2.05, 4.69) is 39.5 Å². The first-order chi connectivity index (χ1) is 15.7. The minimum Gasteiger partial charge on any atom is -0.508 e. The predicted octanol–water partition coefficient (Wildman–Crippen LogP) is 3.85. The Balaban J connectivity index is 1.35. The molecule has 4 aromatic rings. The lowest BCUT2D eigenvalue weighted by molar-refractivity contribution is 0.0342. The number of fused-ring (bicyclic) bond motifs is 1. The van der Waals surface area contributed by atoms with Crippen LogP contribution in [0.4, 0.5) is 5.82 Å². The molecule has 0 amide bonds. The number of ether oxygens (including phenoxy) is 1. The second-order valence-corrected chi connectivity index (χ2v) is 8.12. The van der Waals surface area contributed by atoms with Gasteiger partial charge in [-0.3, -0.25) is 9.30 Å². The number of anilines is 1. The minimum atomic E-state index is 0.250. The number of imidazole rings is 1. The zero-order valence-corrected chi connectivity index (χ0v) is 18.2. The molecule has 0 radical (unpaired) electrons. The van der Waals surface area contributed by atoms with E-state index in [4.69, 9.17) is 9.72 Å². The van der Waals surface area contributed by atoms with Crippen LogP contribution < -0.4 is 5.32 Å². The van der Waals surface area contributed by atoms with Crippen molar-refractivity contribution < 1.29 is 9.84 Å². The van der Waals surface area contributed by atoms with Crippen LogP contribution in [0.25, 0.3) is 16.9 Å². The maximum absolute atomic E-state index is 9.62. The third-order valence-corrected chi connectivity index (χ3v) is 5.82. The average Bonchev–Trinajstić information content (AvgIpc) is 3.15. The van der Waals surface area contributed by atoms with Crippen LogP contribution in [0.5, 0.6) is 5.75 Å². The Morgan fingerprint density at radius 2 is 1.84 bits per heavy atom. The highest BCUT2D eigenvalue weighted by atomic mass is 16.5. The number of hydrogen-bond donors (Lipinski definition) is 2. The summed E-state index contributed by atoms with van der Waals surface area (Å²) in [6.07, 6.45) is 3.71. The van der Waals surface area contributed by atoms with Crippen molar-refractivity contribution in [1.82, 2.24) is 19.3 Å². The topological polar surface area (TPSA) is 74.9 Å². The number of phenolic OH excluding ortho intramolecular Hbond substituents is 1. The number of aromatic hydroxyl groups is 1. The molecular formula is C25H27N5O2. The Morgan fingerprint density at radius 3 is 2.66 bits per heavy atom. The van der Waals surface area contributed by atoms with Gasteiger partial charge in [0.05, 0.1) is 24.6 Å². The van der Waals surface area contributed by atoms with E-state index in [1.165, 1.54) is 11.1 Å². The van der Waals surface area contributed by atoms with E-state index in [-0.39, 0.29) is 5.75 Å². The molecule has 32 heavy (non-hydrogen) atoms. The summed E-state index contributed by atoms with van der Waals surface area (Å²) < 4.78 is 7.50. The van der Waals surface area contributed by atoms with Gasteiger partial charge in [-0.25, -0.2) is 9.97 Å². The molecule has 0 aliphatic carbocycles. The molecule has 2 aromatic carbocycles. The molecule has 1 saturated heterocycles. The monoisotopic (exact) mass is 429 g/mol. The van der Waals surface area contributed by atoms with Crippen molar-refractivity contribution >= 4 is 11.5 Å². The maximum atomic E-state index is 9.62. The quantitative estimate of drug-likeness (QED) is 0.485. The molecule has 1 aliphatic heterocycles. The largest absolute Gasteiger partial charge is 0.508 e. The summed E-state index contributed by atoms with van der Waals surface area (Å²) in [7, 11) is 0. The van der Waals surface area contributed by atoms with Gasteiger partial charge in [0.15, 0.2) is 11.5 Å². The number of hydrogen-bond acceptors (Lipinski definition) is 6. The number of aryl methyl sites for hydroxylation is 1. The molecule has 1 fully saturated rings. The van der Waals surface area contributed by atoms with Gasteiger partial charge in [0.2, 0.25) is 0 Å². The van der Waals surface area contributed by atoms with E-state index in [0.29, 0.717) is 6.54 Å². The lowest BCUT2D eigenvalue weighted by Gasteiger charge is -2.26. The van der Waals surface area contributed by atoms with E-state index in [0.717, 1.165) is 61.3 Å². The smallest absolute Gasteiger partial charge is 0.180 e. The Kier molecular flexibility index (Phi) is 5.75. The van der Waals surface area contributed by atoms with Gasteiger partial charge < -0.3 is 15.2 Å². The molecule has 5 rings (SSSR count). The average molecular weight is 430 g/mol. The van der Waals surface area contributed by atoms with E-state index in [1.54, 1.807) is 18.3 Å². The Bertz CT molecular complexity index is 1210. The highest BCUT2D eigenvalue weighted by Crippen LogP contribution is 2.28. The molecule has 7 heteroatoms. The fourth-order valence-electron chi connectivity index (χ4n) is 4.22. The first kappa shape index (κ1) is 20.5. The van der Waals surface area contributed by atoms with Crippen LogP contribution in [-0.2, 0) is 17.8 Å². The van der Waals surface area contributed by atoms with Crippen molar-refractivity contribution in [3.8, 4) is 17.0 Å². The molecule has 1 aliphatic rings. The van der Waals surface area contributed by atoms with Gasteiger partial charge in [0.25, 0.3) is 0 Å². The standard InChI is InChI=1S/C25H27N5O2/c1-18-23(21-5-7-22(31)8-6-21)30-10-9-26-24(25(30)28-18)27-16-19-3-2-4-20(15-19)17-29-11-13-32-14-12-29/h2-10,15,31H,11-14,16-17H2,1H3,(H,26,27). The summed E-state index contributed by atoms with van der Waals surface area (Å²) in [5, 5.41) is 13.1. The van der Waals surface area contributed by atoms with Crippen molar-refractivity contribution in [3.05, 3.63) is 77.7 Å². The van der Waals surface area contributed by atoms with Crippen molar-refractivity contribution in [3.63, 3.8) is 0 Å². The number of benzene rings is 2. The number of aromatic nitrogens is 3. The highest BCUT2D eigenvalue weighted by Gasteiger charge is 2.15. The Morgan fingerprint density at radius 1 is 1.06 bits per heavy atom. The van der Waals surface area contributed by atoms with Crippen molar-refractivity contribution in [2.45, 2.75) is 20.0 Å². The normalized spacial score (nSPS) is 14.7. The van der Waals surface area contributed by atoms with Crippen LogP contribution in [0.15, 0.2) is 60.9 Å². The molecule has 0 saturated carbocycles. The first-order valence-corrected chi connectivity index (χ1v) is 10.9. The maximum Gasteiger partial charge on any atom is 0.180 e. The number of nitrogens with one attached hydrogen (secondary N) is 1. The summed E-state index contributed by atoms with van der Waals surface area (Å²) in [5.41, 5.74) is 6.22. The van der Waals surface area contributed by atoms with Crippen LogP contribution in [0.1, 0.15) is 16.8 Å². The summed E-state index contributed by atoms with van der Waals surface area (Å²) in [5.74, 6) is 0.999. The van der Waals surface area contributed by atoms with Crippen molar-refractivity contribution in [2.75, 3.05) is 31.6 Å². The Labute approximate surface area is 187 Å². The molecule has 0 spiro atoms. The lowest BCUT2D eigenvalue weighted by Crippen LogP contribution is -2.35. The first-order valence-electron chi connectivity index (χ1n) is 10.9. The summed E-state index contributed by atoms with van der Waals surface area (Å²) in [4.78, 5) is 11.7. The van der Waals surface area contributed by atoms with Crippen molar-refractivity contribution in [1.29, 1.82) is 0 Å². The van der Waals surface area contributed by atoms with E-state index < -0.39 is 0 Å². The molecule has 0 atom stereocenters. The van der Waals surface area contributed by atoms with Gasteiger partial charge in [-0.1, -0.05) is 24.3 Å². The zero-order chi connectivity index (χ0) is 21.9. The molecule has 164 valence electrons. The van der Waals surface area contributed by atoms with Gasteiger partial charge >= 0.3 is 0 Å². The molecule has 3 heterocycles. The number of rotatable bonds is 6. The second-order valence-electron chi connectivity index (χ2n) is 8.12. The number of morpholine rings is 1. The minimum absolute atomic E-state index is 0.250. The van der Waals surface area contributed by atoms with Gasteiger partial charge in [-0.15, -0.1) is 0 Å². The number of phenols is 1. The van der Waals surface area contributed by atoms with Gasteiger partial charge in [0, 0.05) is 44.1 Å². The molecule has 7 nitrogen and oxygen atoms in total. The van der Waals surface area contributed by atoms with E-state index in [9.17, 15) is 5.11 Å². The summed E-state index contributed by atoms with van der Waals surface area (Å²) in [6, 6.07) is 15.9. The Hall–Kier alpha value is -3.42. The third-order valence-electron chi connectivity index (χ3n) is 5.82.